The minimum atomic E-state index is -0.395. The molecule has 2 aliphatic carbocycles. The number of nitrogens with zero attached hydrogens (tertiary/aromatic N) is 4. The van der Waals surface area contributed by atoms with Crippen LogP contribution in [-0.4, -0.2) is 48.4 Å². The Morgan fingerprint density at radius 1 is 1.13 bits per heavy atom. The molecule has 0 bridgehead atoms. The van der Waals surface area contributed by atoms with E-state index >= 15 is 0 Å². The topological polar surface area (TPSA) is 104 Å². The standard InChI is InChI=1S/C31H37N5O3/c1-20-29(31(37)38-3)30(27-17-26(27)28(34-32)18-33-2)36(35-20)24-13-7-11-22(15-24)23-12-8-14-25(16-23)39-19-21-9-5-4-6-10-21/h7-8,11-16,18,21,26-27H,4-6,9-10,17,19,32H2,1-3H3. The molecule has 8 heteroatoms. The number of hydrogen-bond acceptors (Lipinski definition) is 7. The van der Waals surface area contributed by atoms with Gasteiger partial charge in [-0.25, -0.2) is 9.48 Å². The van der Waals surface area contributed by atoms with Crippen LogP contribution >= 0.6 is 0 Å². The first-order chi connectivity index (χ1) is 19.0. The van der Waals surface area contributed by atoms with E-state index in [0.717, 1.165) is 41.3 Å². The smallest absolute Gasteiger partial charge is 0.341 e. The van der Waals surface area contributed by atoms with E-state index in [9.17, 15) is 4.79 Å². The molecule has 2 aliphatic rings. The summed E-state index contributed by atoms with van der Waals surface area (Å²) >= 11 is 0. The Hall–Kier alpha value is -3.94. The second-order valence-electron chi connectivity index (χ2n) is 10.5. The summed E-state index contributed by atoms with van der Waals surface area (Å²) < 4.78 is 13.2. The van der Waals surface area contributed by atoms with Crippen LogP contribution in [-0.2, 0) is 4.74 Å². The highest BCUT2D eigenvalue weighted by molar-refractivity contribution is 6.32. The van der Waals surface area contributed by atoms with Crippen LogP contribution in [0.15, 0.2) is 58.6 Å². The normalized spacial score (nSPS) is 19.8. The highest BCUT2D eigenvalue weighted by Crippen LogP contribution is 2.50. The van der Waals surface area contributed by atoms with Gasteiger partial charge in [0.05, 0.1) is 36.5 Å². The number of benzene rings is 2. The van der Waals surface area contributed by atoms with Crippen molar-refractivity contribution in [3.8, 4) is 22.6 Å². The van der Waals surface area contributed by atoms with E-state index in [1.165, 1.54) is 39.2 Å². The van der Waals surface area contributed by atoms with Gasteiger partial charge in [0.2, 0.25) is 0 Å². The third-order valence-corrected chi connectivity index (χ3v) is 7.89. The molecule has 2 saturated carbocycles. The van der Waals surface area contributed by atoms with Crippen LogP contribution in [0, 0.1) is 18.8 Å². The fraction of sp³-hybridized carbons (Fsp3) is 0.419. The molecule has 0 aliphatic heterocycles. The molecule has 1 aromatic heterocycles. The summed E-state index contributed by atoms with van der Waals surface area (Å²) in [5, 5.41) is 8.73. The van der Waals surface area contributed by atoms with Gasteiger partial charge in [0.25, 0.3) is 0 Å². The zero-order valence-electron chi connectivity index (χ0n) is 23.0. The predicted molar refractivity (Wildman–Crippen MR) is 154 cm³/mol. The third-order valence-electron chi connectivity index (χ3n) is 7.89. The number of hydrogen-bond donors (Lipinski definition) is 1. The summed E-state index contributed by atoms with van der Waals surface area (Å²) in [6.45, 7) is 2.61. The van der Waals surface area contributed by atoms with Gasteiger partial charge in [-0.05, 0) is 67.5 Å². The number of esters is 1. The number of rotatable bonds is 9. The van der Waals surface area contributed by atoms with E-state index in [0.29, 0.717) is 22.9 Å². The van der Waals surface area contributed by atoms with E-state index in [2.05, 4.69) is 34.4 Å². The molecule has 3 aromatic rings. The van der Waals surface area contributed by atoms with Gasteiger partial charge in [0, 0.05) is 25.1 Å². The first-order valence-electron chi connectivity index (χ1n) is 13.8. The van der Waals surface area contributed by atoms with Crippen molar-refractivity contribution in [3.63, 3.8) is 0 Å². The maximum absolute atomic E-state index is 12.8. The van der Waals surface area contributed by atoms with E-state index in [1.807, 2.05) is 35.9 Å². The fourth-order valence-corrected chi connectivity index (χ4v) is 5.77. The maximum Gasteiger partial charge on any atom is 0.341 e. The molecule has 8 nitrogen and oxygen atoms in total. The monoisotopic (exact) mass is 527 g/mol. The number of aliphatic imine (C=N–C) groups is 1. The summed E-state index contributed by atoms with van der Waals surface area (Å²) in [7, 11) is 3.09. The summed E-state index contributed by atoms with van der Waals surface area (Å²) in [6.07, 6.45) is 8.96. The van der Waals surface area contributed by atoms with Gasteiger partial charge < -0.3 is 15.3 Å². The SMILES string of the molecule is CN=CC(=NN)C1CC1c1c(C(=O)OC)c(C)nn1-c1cccc(-c2cccc(OCC3CCCCC3)c2)c1. The van der Waals surface area contributed by atoms with Crippen molar-refractivity contribution in [2.24, 2.45) is 27.8 Å². The van der Waals surface area contributed by atoms with Crippen molar-refractivity contribution in [1.29, 1.82) is 0 Å². The molecule has 2 atom stereocenters. The number of carbonyl (C=O) groups is 1. The zero-order valence-corrected chi connectivity index (χ0v) is 23.0. The molecule has 0 amide bonds. The van der Waals surface area contributed by atoms with Crippen molar-refractivity contribution >= 4 is 17.9 Å². The van der Waals surface area contributed by atoms with Gasteiger partial charge in [-0.2, -0.15) is 10.2 Å². The average molecular weight is 528 g/mol. The zero-order chi connectivity index (χ0) is 27.4. The number of aromatic nitrogens is 2. The second kappa shape index (κ2) is 11.8. The van der Waals surface area contributed by atoms with Gasteiger partial charge in [-0.1, -0.05) is 43.5 Å². The van der Waals surface area contributed by atoms with Crippen molar-refractivity contribution in [2.75, 3.05) is 20.8 Å². The van der Waals surface area contributed by atoms with Crippen molar-refractivity contribution in [1.82, 2.24) is 9.78 Å². The third kappa shape index (κ3) is 5.75. The van der Waals surface area contributed by atoms with Gasteiger partial charge in [-0.15, -0.1) is 0 Å². The Balaban J connectivity index is 1.46. The molecule has 0 saturated heterocycles. The highest BCUT2D eigenvalue weighted by Gasteiger charge is 2.47. The molecule has 2 aromatic carbocycles. The van der Waals surface area contributed by atoms with Crippen LogP contribution in [0.3, 0.4) is 0 Å². The summed E-state index contributed by atoms with van der Waals surface area (Å²) in [6, 6.07) is 16.4. The number of ether oxygens (including phenoxy) is 2. The highest BCUT2D eigenvalue weighted by atomic mass is 16.5. The molecule has 2 fully saturated rings. The van der Waals surface area contributed by atoms with Gasteiger partial charge in [0.1, 0.15) is 11.3 Å². The maximum atomic E-state index is 12.8. The lowest BCUT2D eigenvalue weighted by Gasteiger charge is -2.21. The minimum Gasteiger partial charge on any atom is -0.493 e. The average Bonchev–Trinajstić information content (AvgIpc) is 3.69. The lowest BCUT2D eigenvalue weighted by atomic mass is 9.90. The minimum absolute atomic E-state index is 0.0285. The van der Waals surface area contributed by atoms with E-state index in [-0.39, 0.29) is 11.8 Å². The summed E-state index contributed by atoms with van der Waals surface area (Å²) in [5.74, 6) is 6.89. The lowest BCUT2D eigenvalue weighted by molar-refractivity contribution is 0.0598. The van der Waals surface area contributed by atoms with Crippen LogP contribution in [0.4, 0.5) is 0 Å². The first kappa shape index (κ1) is 26.7. The van der Waals surface area contributed by atoms with E-state index in [1.54, 1.807) is 13.3 Å². The first-order valence-corrected chi connectivity index (χ1v) is 13.8. The predicted octanol–water partition coefficient (Wildman–Crippen LogP) is 5.71. The fourth-order valence-electron chi connectivity index (χ4n) is 5.77. The summed E-state index contributed by atoms with van der Waals surface area (Å²) in [5.41, 5.74) is 5.64. The molecule has 2 N–H and O–H groups in total. The quantitative estimate of drug-likeness (QED) is 0.166. The Labute approximate surface area is 229 Å². The summed E-state index contributed by atoms with van der Waals surface area (Å²) in [4.78, 5) is 16.9. The van der Waals surface area contributed by atoms with Crippen molar-refractivity contribution in [3.05, 3.63) is 65.5 Å². The molecule has 2 unspecified atom stereocenters. The number of hydrazone groups is 1. The van der Waals surface area contributed by atoms with Gasteiger partial charge >= 0.3 is 5.97 Å². The molecule has 0 radical (unpaired) electrons. The van der Waals surface area contributed by atoms with Crippen LogP contribution in [0.2, 0.25) is 0 Å². The largest absolute Gasteiger partial charge is 0.493 e. The van der Waals surface area contributed by atoms with Crippen LogP contribution in [0.1, 0.15) is 66.2 Å². The van der Waals surface area contributed by atoms with E-state index < -0.39 is 5.97 Å². The van der Waals surface area contributed by atoms with Crippen LogP contribution in [0.5, 0.6) is 5.75 Å². The van der Waals surface area contributed by atoms with E-state index in [4.69, 9.17) is 20.4 Å². The van der Waals surface area contributed by atoms with Crippen molar-refractivity contribution in [2.45, 2.75) is 51.4 Å². The van der Waals surface area contributed by atoms with Crippen LogP contribution < -0.4 is 10.6 Å². The molecule has 1 heterocycles. The molecule has 5 rings (SSSR count). The Morgan fingerprint density at radius 3 is 2.59 bits per heavy atom. The number of nitrogens with two attached hydrogens (primary N) is 1. The molecule has 204 valence electrons. The molecular weight excluding hydrogens is 490 g/mol. The Morgan fingerprint density at radius 2 is 1.87 bits per heavy atom. The Kier molecular flexibility index (Phi) is 8.10. The Bertz CT molecular complexity index is 1390. The molecular formula is C31H37N5O3. The lowest BCUT2D eigenvalue weighted by Crippen LogP contribution is -2.15. The number of aryl methyl sites for hydroxylation is 1. The number of carbonyl (C=O) groups excluding carboxylic acids is 1. The second-order valence-corrected chi connectivity index (χ2v) is 10.5. The number of methoxy groups -OCH3 is 1. The molecule has 0 spiro atoms. The van der Waals surface area contributed by atoms with Crippen molar-refractivity contribution < 1.29 is 14.3 Å². The molecule has 39 heavy (non-hydrogen) atoms. The van der Waals surface area contributed by atoms with Gasteiger partial charge in [-0.3, -0.25) is 4.99 Å². The van der Waals surface area contributed by atoms with Crippen LogP contribution in [0.25, 0.3) is 16.8 Å². The van der Waals surface area contributed by atoms with Gasteiger partial charge in [0.15, 0.2) is 0 Å².